The number of aliphatic hydroxyl groups is 1. The predicted molar refractivity (Wildman–Crippen MR) is 130 cm³/mol. The SMILES string of the molecule is C[C@]12Cc3cnn(-c4ccc(F)cc4)c3C=C1CC[C@@]2(O)CCc1cccc2ccccc12. The number of rotatable bonds is 4. The van der Waals surface area contributed by atoms with Crippen LogP contribution in [-0.4, -0.2) is 20.5 Å². The van der Waals surface area contributed by atoms with Gasteiger partial charge in [0.15, 0.2) is 0 Å². The molecule has 0 spiro atoms. The molecule has 166 valence electrons. The van der Waals surface area contributed by atoms with Gasteiger partial charge in [-0.05, 0) is 84.3 Å². The van der Waals surface area contributed by atoms with Gasteiger partial charge in [0, 0.05) is 5.41 Å². The Hall–Kier alpha value is -3.24. The fourth-order valence-corrected chi connectivity index (χ4v) is 5.97. The van der Waals surface area contributed by atoms with Gasteiger partial charge in [-0.15, -0.1) is 0 Å². The Morgan fingerprint density at radius 3 is 2.67 bits per heavy atom. The van der Waals surface area contributed by atoms with E-state index in [9.17, 15) is 9.50 Å². The topological polar surface area (TPSA) is 38.0 Å². The molecule has 33 heavy (non-hydrogen) atoms. The van der Waals surface area contributed by atoms with Crippen LogP contribution < -0.4 is 0 Å². The van der Waals surface area contributed by atoms with Gasteiger partial charge in [-0.25, -0.2) is 9.07 Å². The lowest BCUT2D eigenvalue weighted by molar-refractivity contribution is -0.0461. The van der Waals surface area contributed by atoms with Crippen molar-refractivity contribution >= 4 is 16.8 Å². The lowest BCUT2D eigenvalue weighted by Crippen LogP contribution is -2.45. The Balaban J connectivity index is 1.30. The molecule has 4 aromatic rings. The summed E-state index contributed by atoms with van der Waals surface area (Å²) in [6.07, 6.45) is 8.12. The lowest BCUT2D eigenvalue weighted by atomic mass is 9.65. The Morgan fingerprint density at radius 1 is 1.03 bits per heavy atom. The van der Waals surface area contributed by atoms with Gasteiger partial charge < -0.3 is 5.11 Å². The van der Waals surface area contributed by atoms with Crippen molar-refractivity contribution in [1.82, 2.24) is 9.78 Å². The van der Waals surface area contributed by atoms with Crippen LogP contribution in [0.2, 0.25) is 0 Å². The molecule has 2 atom stereocenters. The van der Waals surface area contributed by atoms with E-state index >= 15 is 0 Å². The molecule has 1 aromatic heterocycles. The largest absolute Gasteiger partial charge is 0.389 e. The van der Waals surface area contributed by atoms with Crippen molar-refractivity contribution in [3.63, 3.8) is 0 Å². The Kier molecular flexibility index (Phi) is 4.56. The maximum absolute atomic E-state index is 13.4. The molecular weight excluding hydrogens is 411 g/mol. The number of benzene rings is 3. The molecule has 6 rings (SSSR count). The molecule has 1 heterocycles. The third-order valence-corrected chi connectivity index (χ3v) is 8.04. The molecule has 3 aromatic carbocycles. The summed E-state index contributed by atoms with van der Waals surface area (Å²) in [4.78, 5) is 0. The van der Waals surface area contributed by atoms with Crippen LogP contribution in [0.3, 0.4) is 0 Å². The van der Waals surface area contributed by atoms with Crippen molar-refractivity contribution in [1.29, 1.82) is 0 Å². The number of fused-ring (bicyclic) bond motifs is 3. The molecule has 0 amide bonds. The van der Waals surface area contributed by atoms with Crippen LogP contribution in [0.4, 0.5) is 4.39 Å². The molecule has 1 fully saturated rings. The number of halogens is 1. The normalized spacial score (nSPS) is 23.9. The van der Waals surface area contributed by atoms with Gasteiger partial charge in [0.25, 0.3) is 0 Å². The van der Waals surface area contributed by atoms with Crippen LogP contribution in [0.15, 0.2) is 78.5 Å². The van der Waals surface area contributed by atoms with E-state index in [4.69, 9.17) is 0 Å². The monoisotopic (exact) mass is 438 g/mol. The molecule has 2 aliphatic rings. The van der Waals surface area contributed by atoms with Crippen molar-refractivity contribution in [2.75, 3.05) is 0 Å². The second kappa shape index (κ2) is 7.39. The van der Waals surface area contributed by atoms with E-state index in [1.54, 1.807) is 12.1 Å². The van der Waals surface area contributed by atoms with Gasteiger partial charge in [-0.1, -0.05) is 55.0 Å². The maximum Gasteiger partial charge on any atom is 0.123 e. The zero-order valence-electron chi connectivity index (χ0n) is 18.8. The molecule has 3 nitrogen and oxygen atoms in total. The molecule has 0 saturated heterocycles. The van der Waals surface area contributed by atoms with Gasteiger partial charge in [0.05, 0.1) is 23.2 Å². The van der Waals surface area contributed by atoms with E-state index < -0.39 is 5.60 Å². The minimum absolute atomic E-state index is 0.252. The first-order chi connectivity index (χ1) is 16.0. The van der Waals surface area contributed by atoms with Crippen LogP contribution >= 0.6 is 0 Å². The van der Waals surface area contributed by atoms with Crippen LogP contribution in [0, 0.1) is 11.2 Å². The zero-order chi connectivity index (χ0) is 22.6. The van der Waals surface area contributed by atoms with Crippen molar-refractivity contribution in [2.45, 2.75) is 44.6 Å². The van der Waals surface area contributed by atoms with E-state index in [1.807, 2.05) is 10.9 Å². The summed E-state index contributed by atoms with van der Waals surface area (Å²) in [5.74, 6) is -0.252. The Morgan fingerprint density at radius 2 is 1.82 bits per heavy atom. The highest BCUT2D eigenvalue weighted by Gasteiger charge is 2.54. The highest BCUT2D eigenvalue weighted by molar-refractivity contribution is 5.85. The number of nitrogens with zero attached hydrogens (tertiary/aromatic N) is 2. The summed E-state index contributed by atoms with van der Waals surface area (Å²) >= 11 is 0. The number of aromatic nitrogens is 2. The minimum Gasteiger partial charge on any atom is -0.389 e. The molecule has 0 bridgehead atoms. The summed E-state index contributed by atoms with van der Waals surface area (Å²) in [5, 5.41) is 19.1. The summed E-state index contributed by atoms with van der Waals surface area (Å²) in [5.41, 5.74) is 4.56. The highest BCUT2D eigenvalue weighted by atomic mass is 19.1. The number of hydrogen-bond acceptors (Lipinski definition) is 2. The van der Waals surface area contributed by atoms with Gasteiger partial charge in [0.1, 0.15) is 5.82 Å². The molecule has 0 radical (unpaired) electrons. The molecule has 2 aliphatic carbocycles. The first-order valence-corrected chi connectivity index (χ1v) is 11.7. The molecule has 0 aliphatic heterocycles. The van der Waals surface area contributed by atoms with E-state index in [-0.39, 0.29) is 11.2 Å². The first kappa shape index (κ1) is 20.4. The number of hydrogen-bond donors (Lipinski definition) is 1. The highest BCUT2D eigenvalue weighted by Crippen LogP contribution is 2.56. The van der Waals surface area contributed by atoms with Crippen molar-refractivity contribution in [2.24, 2.45) is 5.41 Å². The fraction of sp³-hybridized carbons (Fsp3) is 0.276. The average Bonchev–Trinajstić information content (AvgIpc) is 3.34. The van der Waals surface area contributed by atoms with Gasteiger partial charge >= 0.3 is 0 Å². The number of aryl methyl sites for hydroxylation is 1. The lowest BCUT2D eigenvalue weighted by Gasteiger charge is -2.42. The average molecular weight is 439 g/mol. The minimum atomic E-state index is -0.758. The second-order valence-corrected chi connectivity index (χ2v) is 9.79. The Labute approximate surface area is 193 Å². The van der Waals surface area contributed by atoms with Crippen LogP contribution in [0.5, 0.6) is 0 Å². The van der Waals surface area contributed by atoms with E-state index in [0.29, 0.717) is 0 Å². The van der Waals surface area contributed by atoms with Crippen molar-refractivity contribution < 1.29 is 9.50 Å². The molecular formula is C29H27FN2O. The standard InChI is InChI=1S/C29H27FN2O/c1-28-18-22-19-31-32(25-11-9-24(30)10-12-25)27(22)17-23(28)14-16-29(28,33)15-13-21-7-4-6-20-5-2-3-8-26(20)21/h2-12,17,19,33H,13-16,18H2,1H3/t28-,29-/m0/s1. The predicted octanol–water partition coefficient (Wildman–Crippen LogP) is 6.27. The zero-order valence-corrected chi connectivity index (χ0v) is 18.8. The summed E-state index contributed by atoms with van der Waals surface area (Å²) < 4.78 is 15.3. The van der Waals surface area contributed by atoms with Crippen molar-refractivity contribution in [3.05, 3.63) is 101 Å². The van der Waals surface area contributed by atoms with E-state index in [2.05, 4.69) is 60.6 Å². The van der Waals surface area contributed by atoms with E-state index in [1.165, 1.54) is 34.0 Å². The fourth-order valence-electron chi connectivity index (χ4n) is 5.97. The van der Waals surface area contributed by atoms with Gasteiger partial charge in [-0.3, -0.25) is 0 Å². The smallest absolute Gasteiger partial charge is 0.123 e. The van der Waals surface area contributed by atoms with Crippen LogP contribution in [0.25, 0.3) is 22.5 Å². The van der Waals surface area contributed by atoms with E-state index in [0.717, 1.165) is 49.0 Å². The first-order valence-electron chi connectivity index (χ1n) is 11.7. The summed E-state index contributed by atoms with van der Waals surface area (Å²) in [7, 11) is 0. The molecule has 0 unspecified atom stereocenters. The van der Waals surface area contributed by atoms with Gasteiger partial charge in [-0.2, -0.15) is 5.10 Å². The molecule has 1 saturated carbocycles. The third kappa shape index (κ3) is 3.16. The van der Waals surface area contributed by atoms with Gasteiger partial charge in [0.2, 0.25) is 0 Å². The maximum atomic E-state index is 13.4. The molecule has 1 N–H and O–H groups in total. The summed E-state index contributed by atoms with van der Waals surface area (Å²) in [6, 6.07) is 21.3. The van der Waals surface area contributed by atoms with Crippen LogP contribution in [-0.2, 0) is 12.8 Å². The second-order valence-electron chi connectivity index (χ2n) is 9.79. The Bertz CT molecular complexity index is 1380. The quantitative estimate of drug-likeness (QED) is 0.408. The third-order valence-electron chi connectivity index (χ3n) is 8.04. The summed E-state index contributed by atoms with van der Waals surface area (Å²) in [6.45, 7) is 2.22. The van der Waals surface area contributed by atoms with Crippen LogP contribution in [0.1, 0.15) is 43.0 Å². The van der Waals surface area contributed by atoms with Crippen molar-refractivity contribution in [3.8, 4) is 5.69 Å². The molecule has 4 heteroatoms.